The van der Waals surface area contributed by atoms with Gasteiger partial charge in [0.05, 0.1) is 29.6 Å². The number of aryl methyl sites for hydroxylation is 1. The Labute approximate surface area is 199 Å². The molecule has 2 aromatic carbocycles. The normalized spacial score (nSPS) is 17.6. The van der Waals surface area contributed by atoms with Crippen molar-refractivity contribution >= 4 is 5.91 Å². The lowest BCUT2D eigenvalue weighted by Crippen LogP contribution is -2.38. The molecule has 2 fully saturated rings. The maximum Gasteiger partial charge on any atom is 0.227 e. The molecule has 7 heteroatoms. The Morgan fingerprint density at radius 3 is 2.68 bits per heavy atom. The van der Waals surface area contributed by atoms with Crippen molar-refractivity contribution in [2.75, 3.05) is 13.2 Å². The van der Waals surface area contributed by atoms with Crippen LogP contribution in [0, 0.1) is 11.7 Å². The van der Waals surface area contributed by atoms with Gasteiger partial charge in [-0.25, -0.2) is 9.07 Å². The fraction of sp³-hybridized carbons (Fsp3) is 0.407. The van der Waals surface area contributed by atoms with Gasteiger partial charge in [0, 0.05) is 25.1 Å². The molecule has 1 amide bonds. The molecule has 178 valence electrons. The zero-order chi connectivity index (χ0) is 23.5. The van der Waals surface area contributed by atoms with E-state index < -0.39 is 0 Å². The zero-order valence-corrected chi connectivity index (χ0v) is 19.5. The van der Waals surface area contributed by atoms with E-state index in [1.54, 1.807) is 16.8 Å². The van der Waals surface area contributed by atoms with Gasteiger partial charge in [0.15, 0.2) is 0 Å². The SMILES string of the molecule is CCc1nn(-c2ccccc2)c(Oc2cccc(F)c2)c1CN(CC1CCCO1)C(=O)C1CC1. The van der Waals surface area contributed by atoms with Crippen LogP contribution in [0.25, 0.3) is 5.69 Å². The first-order chi connectivity index (χ1) is 16.6. The molecule has 2 aliphatic rings. The van der Waals surface area contributed by atoms with Gasteiger partial charge in [0.1, 0.15) is 11.6 Å². The Bertz CT molecular complexity index is 1140. The number of hydrogen-bond donors (Lipinski definition) is 0. The molecule has 1 saturated carbocycles. The number of halogens is 1. The highest BCUT2D eigenvalue weighted by molar-refractivity contribution is 5.81. The molecular weight excluding hydrogens is 433 g/mol. The molecule has 0 bridgehead atoms. The van der Waals surface area contributed by atoms with Crippen molar-refractivity contribution in [1.29, 1.82) is 0 Å². The minimum atomic E-state index is -0.371. The number of aromatic nitrogens is 2. The highest BCUT2D eigenvalue weighted by Gasteiger charge is 2.36. The summed E-state index contributed by atoms with van der Waals surface area (Å²) in [6, 6.07) is 15.8. The number of amides is 1. The third-order valence-corrected chi connectivity index (χ3v) is 6.40. The Morgan fingerprint density at radius 2 is 2.00 bits per heavy atom. The van der Waals surface area contributed by atoms with Gasteiger partial charge in [0.2, 0.25) is 11.8 Å². The third-order valence-electron chi connectivity index (χ3n) is 6.40. The quantitative estimate of drug-likeness (QED) is 0.433. The van der Waals surface area contributed by atoms with Gasteiger partial charge >= 0.3 is 0 Å². The van der Waals surface area contributed by atoms with Crippen molar-refractivity contribution in [3.05, 3.63) is 71.7 Å². The summed E-state index contributed by atoms with van der Waals surface area (Å²) < 4.78 is 27.8. The lowest BCUT2D eigenvalue weighted by atomic mass is 10.1. The van der Waals surface area contributed by atoms with E-state index >= 15 is 0 Å². The monoisotopic (exact) mass is 463 g/mol. The molecular formula is C27H30FN3O3. The fourth-order valence-corrected chi connectivity index (χ4v) is 4.46. The first-order valence-electron chi connectivity index (χ1n) is 12.1. The van der Waals surface area contributed by atoms with Crippen LogP contribution in [0.1, 0.15) is 43.9 Å². The van der Waals surface area contributed by atoms with E-state index in [-0.39, 0.29) is 23.7 Å². The fourth-order valence-electron chi connectivity index (χ4n) is 4.46. The van der Waals surface area contributed by atoms with Crippen molar-refractivity contribution in [1.82, 2.24) is 14.7 Å². The van der Waals surface area contributed by atoms with E-state index in [1.807, 2.05) is 42.2 Å². The lowest BCUT2D eigenvalue weighted by molar-refractivity contribution is -0.134. The summed E-state index contributed by atoms with van der Waals surface area (Å²) in [6.45, 7) is 3.74. The van der Waals surface area contributed by atoms with E-state index in [9.17, 15) is 9.18 Å². The first-order valence-corrected chi connectivity index (χ1v) is 12.1. The average molecular weight is 464 g/mol. The summed E-state index contributed by atoms with van der Waals surface area (Å²) in [6.07, 6.45) is 4.61. The molecule has 5 rings (SSSR count). The Morgan fingerprint density at radius 1 is 1.18 bits per heavy atom. The van der Waals surface area contributed by atoms with Crippen molar-refractivity contribution in [2.24, 2.45) is 5.92 Å². The van der Waals surface area contributed by atoms with Crippen molar-refractivity contribution < 1.29 is 18.7 Å². The molecule has 1 aromatic heterocycles. The highest BCUT2D eigenvalue weighted by Crippen LogP contribution is 2.36. The van der Waals surface area contributed by atoms with E-state index in [2.05, 4.69) is 0 Å². The molecule has 0 radical (unpaired) electrons. The van der Waals surface area contributed by atoms with Gasteiger partial charge in [-0.1, -0.05) is 31.2 Å². The summed E-state index contributed by atoms with van der Waals surface area (Å²) in [5.74, 6) is 0.796. The number of rotatable bonds is 9. The van der Waals surface area contributed by atoms with E-state index in [4.69, 9.17) is 14.6 Å². The van der Waals surface area contributed by atoms with Crippen LogP contribution in [-0.2, 0) is 22.5 Å². The van der Waals surface area contributed by atoms with Crippen LogP contribution in [0.2, 0.25) is 0 Å². The maximum absolute atomic E-state index is 13.9. The van der Waals surface area contributed by atoms with E-state index in [1.165, 1.54) is 12.1 Å². The van der Waals surface area contributed by atoms with Crippen LogP contribution in [0.15, 0.2) is 54.6 Å². The largest absolute Gasteiger partial charge is 0.438 e. The van der Waals surface area contributed by atoms with Gasteiger partial charge in [0.25, 0.3) is 0 Å². The standard InChI is InChI=1S/C27H30FN3O3/c1-2-25-24(18-30(26(32)19-13-14-19)17-23-12-7-15-33-23)27(34-22-11-6-8-20(28)16-22)31(29-25)21-9-4-3-5-10-21/h3-6,8-11,16,19,23H,2,7,12-15,17-18H2,1H3. The first kappa shape index (κ1) is 22.6. The molecule has 3 aromatic rings. The number of para-hydroxylation sites is 1. The van der Waals surface area contributed by atoms with Crippen LogP contribution < -0.4 is 4.74 Å². The number of hydrogen-bond acceptors (Lipinski definition) is 4. The highest BCUT2D eigenvalue weighted by atomic mass is 19.1. The predicted octanol–water partition coefficient (Wildman–Crippen LogP) is 5.28. The van der Waals surface area contributed by atoms with E-state index in [0.717, 1.165) is 49.2 Å². The van der Waals surface area contributed by atoms with E-state index in [0.29, 0.717) is 31.1 Å². The van der Waals surface area contributed by atoms with Gasteiger partial charge in [-0.3, -0.25) is 4.79 Å². The number of nitrogens with zero attached hydrogens (tertiary/aromatic N) is 3. The number of benzene rings is 2. The smallest absolute Gasteiger partial charge is 0.227 e. The van der Waals surface area contributed by atoms with Crippen LogP contribution >= 0.6 is 0 Å². The van der Waals surface area contributed by atoms with Crippen molar-refractivity contribution in [3.8, 4) is 17.3 Å². The number of ether oxygens (including phenoxy) is 2. The molecule has 0 N–H and O–H groups in total. The van der Waals surface area contributed by atoms with Gasteiger partial charge in [-0.15, -0.1) is 0 Å². The van der Waals surface area contributed by atoms with Gasteiger partial charge in [-0.05, 0) is 56.4 Å². The molecule has 34 heavy (non-hydrogen) atoms. The number of carbonyl (C=O) groups excluding carboxylic acids is 1. The zero-order valence-electron chi connectivity index (χ0n) is 19.5. The number of carbonyl (C=O) groups is 1. The lowest BCUT2D eigenvalue weighted by Gasteiger charge is -2.26. The minimum absolute atomic E-state index is 0.0598. The summed E-state index contributed by atoms with van der Waals surface area (Å²) in [7, 11) is 0. The Kier molecular flexibility index (Phi) is 6.63. The predicted molar refractivity (Wildman–Crippen MR) is 127 cm³/mol. The topological polar surface area (TPSA) is 56.6 Å². The molecule has 1 unspecified atom stereocenters. The molecule has 0 spiro atoms. The van der Waals surface area contributed by atoms with Crippen LogP contribution in [0.5, 0.6) is 11.6 Å². The Balaban J connectivity index is 1.54. The second kappa shape index (κ2) is 9.97. The molecule has 1 aliphatic heterocycles. The van der Waals surface area contributed by atoms with Crippen molar-refractivity contribution in [3.63, 3.8) is 0 Å². The summed E-state index contributed by atoms with van der Waals surface area (Å²) >= 11 is 0. The minimum Gasteiger partial charge on any atom is -0.438 e. The Hall–Kier alpha value is -3.19. The maximum atomic E-state index is 13.9. The molecule has 1 aliphatic carbocycles. The van der Waals surface area contributed by atoms with Crippen molar-refractivity contribution in [2.45, 2.75) is 51.7 Å². The van der Waals surface area contributed by atoms with Crippen LogP contribution in [-0.4, -0.2) is 39.8 Å². The van der Waals surface area contributed by atoms with Gasteiger partial charge in [-0.2, -0.15) is 5.10 Å². The summed E-state index contributed by atoms with van der Waals surface area (Å²) in [5.41, 5.74) is 2.55. The molecule has 1 atom stereocenters. The molecule has 1 saturated heterocycles. The third kappa shape index (κ3) is 4.99. The van der Waals surface area contributed by atoms with Crippen LogP contribution in [0.3, 0.4) is 0 Å². The van der Waals surface area contributed by atoms with Gasteiger partial charge < -0.3 is 14.4 Å². The second-order valence-electron chi connectivity index (χ2n) is 9.02. The second-order valence-corrected chi connectivity index (χ2v) is 9.02. The molecule has 6 nitrogen and oxygen atoms in total. The van der Waals surface area contributed by atoms with Crippen LogP contribution in [0.4, 0.5) is 4.39 Å². The average Bonchev–Trinajstić information content (AvgIpc) is 3.48. The molecule has 2 heterocycles. The summed E-state index contributed by atoms with van der Waals surface area (Å²) in [5, 5.41) is 4.85. The summed E-state index contributed by atoms with van der Waals surface area (Å²) in [4.78, 5) is 15.2.